The van der Waals surface area contributed by atoms with E-state index in [9.17, 15) is 36.2 Å². The van der Waals surface area contributed by atoms with Crippen molar-refractivity contribution in [2.75, 3.05) is 10.6 Å². The zero-order valence-corrected chi connectivity index (χ0v) is 12.2. The molecule has 2 amide bonds. The van der Waals surface area contributed by atoms with E-state index in [0.29, 0.717) is 12.1 Å². The van der Waals surface area contributed by atoms with Gasteiger partial charge in [-0.2, -0.15) is 26.3 Å². The van der Waals surface area contributed by atoms with Crippen LogP contribution < -0.4 is 10.6 Å². The quantitative estimate of drug-likeness (QED) is 0.514. The lowest BCUT2D eigenvalue weighted by Gasteiger charge is -2.15. The first-order valence-corrected chi connectivity index (χ1v) is 6.62. The second kappa shape index (κ2) is 6.54. The van der Waals surface area contributed by atoms with Crippen LogP contribution in [0.1, 0.15) is 11.1 Å². The lowest BCUT2D eigenvalue weighted by molar-refractivity contribution is -0.143. The SMILES string of the molecule is O=C(Nc1cc(C(F)(F)F)cc(C(F)(F)F)c1)Nc1ccccc1O. The van der Waals surface area contributed by atoms with Gasteiger partial charge in [0.15, 0.2) is 0 Å². The number of phenolic OH excluding ortho intramolecular Hbond substituents is 1. The summed E-state index contributed by atoms with van der Waals surface area (Å²) in [6, 6.07) is 5.03. The van der Waals surface area contributed by atoms with Crippen LogP contribution in [0.25, 0.3) is 0 Å². The van der Waals surface area contributed by atoms with Crippen molar-refractivity contribution >= 4 is 17.4 Å². The topological polar surface area (TPSA) is 61.4 Å². The number of carbonyl (C=O) groups is 1. The number of anilines is 2. The fourth-order valence-electron chi connectivity index (χ4n) is 1.89. The van der Waals surface area contributed by atoms with Crippen molar-refractivity contribution in [2.45, 2.75) is 12.4 Å². The van der Waals surface area contributed by atoms with Crippen LogP contribution in [0.4, 0.5) is 42.5 Å². The van der Waals surface area contributed by atoms with E-state index < -0.39 is 35.2 Å². The van der Waals surface area contributed by atoms with Crippen molar-refractivity contribution in [3.8, 4) is 5.75 Å². The highest BCUT2D eigenvalue weighted by Crippen LogP contribution is 2.37. The van der Waals surface area contributed by atoms with Crippen molar-refractivity contribution in [3.63, 3.8) is 0 Å². The first-order chi connectivity index (χ1) is 11.5. The summed E-state index contributed by atoms with van der Waals surface area (Å²) >= 11 is 0. The van der Waals surface area contributed by atoms with E-state index >= 15 is 0 Å². The summed E-state index contributed by atoms with van der Waals surface area (Å²) in [7, 11) is 0. The van der Waals surface area contributed by atoms with Crippen LogP contribution in [0.2, 0.25) is 0 Å². The van der Waals surface area contributed by atoms with Gasteiger partial charge in [-0.25, -0.2) is 4.79 Å². The van der Waals surface area contributed by atoms with Gasteiger partial charge >= 0.3 is 18.4 Å². The highest BCUT2D eigenvalue weighted by molar-refractivity contribution is 6.00. The molecule has 2 rings (SSSR count). The fourth-order valence-corrected chi connectivity index (χ4v) is 1.89. The van der Waals surface area contributed by atoms with Gasteiger partial charge in [0.25, 0.3) is 0 Å². The van der Waals surface area contributed by atoms with Crippen molar-refractivity contribution in [1.29, 1.82) is 0 Å². The van der Waals surface area contributed by atoms with Gasteiger partial charge in [-0.05, 0) is 30.3 Å². The number of para-hydroxylation sites is 2. The molecule has 0 unspecified atom stereocenters. The molecule has 0 atom stereocenters. The molecule has 134 valence electrons. The molecule has 0 aliphatic rings. The molecule has 0 radical (unpaired) electrons. The molecule has 4 nitrogen and oxygen atoms in total. The summed E-state index contributed by atoms with van der Waals surface area (Å²) in [6.07, 6.45) is -10.0. The predicted molar refractivity (Wildman–Crippen MR) is 77.2 cm³/mol. The first-order valence-electron chi connectivity index (χ1n) is 6.62. The summed E-state index contributed by atoms with van der Waals surface area (Å²) < 4.78 is 76.5. The fraction of sp³-hybridized carbons (Fsp3) is 0.133. The van der Waals surface area contributed by atoms with Crippen LogP contribution in [0, 0.1) is 0 Å². The normalized spacial score (nSPS) is 11.9. The monoisotopic (exact) mass is 364 g/mol. The van der Waals surface area contributed by atoms with Crippen LogP contribution in [0.3, 0.4) is 0 Å². The Kier molecular flexibility index (Phi) is 4.82. The molecular weight excluding hydrogens is 354 g/mol. The molecule has 0 fully saturated rings. The van der Waals surface area contributed by atoms with Gasteiger partial charge in [0.1, 0.15) is 5.75 Å². The second-order valence-corrected chi connectivity index (χ2v) is 4.89. The van der Waals surface area contributed by atoms with E-state index in [-0.39, 0.29) is 17.5 Å². The lowest BCUT2D eigenvalue weighted by Crippen LogP contribution is -2.20. The third kappa shape index (κ3) is 4.78. The van der Waals surface area contributed by atoms with Gasteiger partial charge in [0.2, 0.25) is 0 Å². The number of carbonyl (C=O) groups excluding carboxylic acids is 1. The molecule has 0 saturated heterocycles. The van der Waals surface area contributed by atoms with E-state index in [1.54, 1.807) is 0 Å². The maximum Gasteiger partial charge on any atom is 0.416 e. The number of rotatable bonds is 2. The summed E-state index contributed by atoms with van der Waals surface area (Å²) in [6.45, 7) is 0. The Hall–Kier alpha value is -2.91. The van der Waals surface area contributed by atoms with E-state index in [1.165, 1.54) is 24.3 Å². The molecule has 0 spiro atoms. The van der Waals surface area contributed by atoms with E-state index in [0.717, 1.165) is 0 Å². The number of nitrogens with one attached hydrogen (secondary N) is 2. The standard InChI is InChI=1S/C15H10F6N2O2/c16-14(17,18)8-5-9(15(19,20)21)7-10(6-8)22-13(25)23-11-3-1-2-4-12(11)24/h1-7,24H,(H2,22,23,25). The molecule has 3 N–H and O–H groups in total. The molecular formula is C15H10F6N2O2. The smallest absolute Gasteiger partial charge is 0.416 e. The van der Waals surface area contributed by atoms with E-state index in [4.69, 9.17) is 0 Å². The van der Waals surface area contributed by atoms with Crippen LogP contribution in [-0.4, -0.2) is 11.1 Å². The number of amides is 2. The number of halogens is 6. The molecule has 2 aromatic rings. The molecule has 10 heteroatoms. The highest BCUT2D eigenvalue weighted by atomic mass is 19.4. The van der Waals surface area contributed by atoms with Gasteiger partial charge in [-0.15, -0.1) is 0 Å². The number of hydrogen-bond acceptors (Lipinski definition) is 2. The van der Waals surface area contributed by atoms with Crippen LogP contribution in [0.5, 0.6) is 5.75 Å². The number of alkyl halides is 6. The third-order valence-corrected chi connectivity index (χ3v) is 3.00. The zero-order chi connectivity index (χ0) is 18.8. The summed E-state index contributed by atoms with van der Waals surface area (Å²) in [5, 5.41) is 13.5. The molecule has 0 aromatic heterocycles. The Bertz CT molecular complexity index is 754. The lowest BCUT2D eigenvalue weighted by atomic mass is 10.1. The minimum atomic E-state index is -5.02. The van der Waals surface area contributed by atoms with Gasteiger partial charge in [0, 0.05) is 5.69 Å². The minimum absolute atomic E-state index is 0.0495. The predicted octanol–water partition coefficient (Wildman–Crippen LogP) is 5.07. The van der Waals surface area contributed by atoms with Crippen LogP contribution in [0.15, 0.2) is 42.5 Å². The van der Waals surface area contributed by atoms with Gasteiger partial charge < -0.3 is 15.7 Å². The Balaban J connectivity index is 2.29. The Morgan fingerprint density at radius 2 is 1.36 bits per heavy atom. The number of urea groups is 1. The third-order valence-electron chi connectivity index (χ3n) is 3.00. The average Bonchev–Trinajstić information content (AvgIpc) is 2.47. The van der Waals surface area contributed by atoms with E-state index in [2.05, 4.69) is 5.32 Å². The number of benzene rings is 2. The molecule has 25 heavy (non-hydrogen) atoms. The number of aromatic hydroxyl groups is 1. The zero-order valence-electron chi connectivity index (χ0n) is 12.2. The highest BCUT2D eigenvalue weighted by Gasteiger charge is 2.37. The van der Waals surface area contributed by atoms with Crippen LogP contribution in [-0.2, 0) is 12.4 Å². The largest absolute Gasteiger partial charge is 0.506 e. The minimum Gasteiger partial charge on any atom is -0.506 e. The average molecular weight is 364 g/mol. The van der Waals surface area contributed by atoms with Crippen molar-refractivity contribution in [2.24, 2.45) is 0 Å². The van der Waals surface area contributed by atoms with Crippen LogP contribution >= 0.6 is 0 Å². The maximum absolute atomic E-state index is 12.7. The maximum atomic E-state index is 12.7. The van der Waals surface area contributed by atoms with E-state index in [1.807, 2.05) is 5.32 Å². The second-order valence-electron chi connectivity index (χ2n) is 4.89. The molecule has 0 bridgehead atoms. The summed E-state index contributed by atoms with van der Waals surface area (Å²) in [4.78, 5) is 11.8. The summed E-state index contributed by atoms with van der Waals surface area (Å²) in [5.41, 5.74) is -3.88. The Labute approximate surface area is 137 Å². The first kappa shape index (κ1) is 18.4. The Morgan fingerprint density at radius 1 is 0.840 bits per heavy atom. The summed E-state index contributed by atoms with van der Waals surface area (Å²) in [5.74, 6) is -0.322. The Morgan fingerprint density at radius 3 is 1.84 bits per heavy atom. The van der Waals surface area contributed by atoms with Gasteiger partial charge in [0.05, 0.1) is 16.8 Å². The van der Waals surface area contributed by atoms with Crippen molar-refractivity contribution in [3.05, 3.63) is 53.6 Å². The molecule has 0 heterocycles. The number of phenols is 1. The number of hydrogen-bond donors (Lipinski definition) is 3. The van der Waals surface area contributed by atoms with Crippen molar-refractivity contribution < 1.29 is 36.2 Å². The van der Waals surface area contributed by atoms with Gasteiger partial charge in [-0.1, -0.05) is 12.1 Å². The van der Waals surface area contributed by atoms with Gasteiger partial charge in [-0.3, -0.25) is 0 Å². The molecule has 2 aromatic carbocycles. The molecule has 0 aliphatic heterocycles. The molecule has 0 aliphatic carbocycles. The molecule has 0 saturated carbocycles. The van der Waals surface area contributed by atoms with Crippen molar-refractivity contribution in [1.82, 2.24) is 0 Å².